The van der Waals surface area contributed by atoms with Crippen LogP contribution in [0.2, 0.25) is 0 Å². The summed E-state index contributed by atoms with van der Waals surface area (Å²) in [6.45, 7) is 3.45. The molecule has 3 nitrogen and oxygen atoms in total. The Labute approximate surface area is 100.0 Å². The van der Waals surface area contributed by atoms with Crippen LogP contribution in [0.4, 0.5) is 4.39 Å². The quantitative estimate of drug-likeness (QED) is 0.871. The van der Waals surface area contributed by atoms with Crippen LogP contribution in [0.5, 0.6) is 5.75 Å². The summed E-state index contributed by atoms with van der Waals surface area (Å²) in [5, 5.41) is 2.87. The lowest BCUT2D eigenvalue weighted by Gasteiger charge is -2.16. The second-order valence-electron chi connectivity index (χ2n) is 4.45. The number of hydrogen-bond donors (Lipinski definition) is 1. The zero-order valence-corrected chi connectivity index (χ0v) is 10.00. The Morgan fingerprint density at radius 2 is 2.24 bits per heavy atom. The summed E-state index contributed by atoms with van der Waals surface area (Å²) in [5.41, 5.74) is 0.691. The van der Waals surface area contributed by atoms with Gasteiger partial charge < -0.3 is 10.1 Å². The maximum atomic E-state index is 12.9. The summed E-state index contributed by atoms with van der Waals surface area (Å²) in [4.78, 5) is 11.7. The summed E-state index contributed by atoms with van der Waals surface area (Å²) >= 11 is 0. The third-order valence-corrected chi connectivity index (χ3v) is 2.73. The average Bonchev–Trinajstić information content (AvgIpc) is 3.06. The third-order valence-electron chi connectivity index (χ3n) is 2.73. The van der Waals surface area contributed by atoms with E-state index >= 15 is 0 Å². The van der Waals surface area contributed by atoms with Crippen LogP contribution in [0, 0.1) is 12.7 Å². The maximum absolute atomic E-state index is 12.9. The van der Waals surface area contributed by atoms with Crippen molar-refractivity contribution in [1.29, 1.82) is 0 Å². The van der Waals surface area contributed by atoms with E-state index in [-0.39, 0.29) is 11.7 Å². The van der Waals surface area contributed by atoms with E-state index in [1.165, 1.54) is 12.1 Å². The Kier molecular flexibility index (Phi) is 3.31. The fraction of sp³-hybridized carbons (Fsp3) is 0.462. The molecular weight excluding hydrogens is 221 g/mol. The molecule has 0 saturated heterocycles. The van der Waals surface area contributed by atoms with Crippen molar-refractivity contribution < 1.29 is 13.9 Å². The van der Waals surface area contributed by atoms with Crippen molar-refractivity contribution in [2.24, 2.45) is 0 Å². The summed E-state index contributed by atoms with van der Waals surface area (Å²) in [6.07, 6.45) is 1.54. The van der Waals surface area contributed by atoms with Crippen molar-refractivity contribution in [2.45, 2.75) is 38.8 Å². The molecule has 1 aromatic rings. The number of halogens is 1. The Morgan fingerprint density at radius 1 is 1.53 bits per heavy atom. The van der Waals surface area contributed by atoms with E-state index in [4.69, 9.17) is 4.74 Å². The van der Waals surface area contributed by atoms with Gasteiger partial charge in [-0.15, -0.1) is 0 Å². The summed E-state index contributed by atoms with van der Waals surface area (Å²) < 4.78 is 18.4. The molecule has 0 heterocycles. The van der Waals surface area contributed by atoms with Crippen molar-refractivity contribution in [2.75, 3.05) is 0 Å². The van der Waals surface area contributed by atoms with Gasteiger partial charge in [-0.2, -0.15) is 0 Å². The molecule has 2 rings (SSSR count). The van der Waals surface area contributed by atoms with E-state index < -0.39 is 6.10 Å². The molecule has 4 heteroatoms. The lowest BCUT2D eigenvalue weighted by Crippen LogP contribution is -2.37. The molecule has 1 atom stereocenters. The minimum absolute atomic E-state index is 0.115. The van der Waals surface area contributed by atoms with Crippen LogP contribution in [-0.2, 0) is 4.79 Å². The number of carbonyl (C=O) groups excluding carboxylic acids is 1. The fourth-order valence-electron chi connectivity index (χ4n) is 1.54. The first-order chi connectivity index (χ1) is 8.06. The highest BCUT2D eigenvalue weighted by Crippen LogP contribution is 2.21. The predicted octanol–water partition coefficient (Wildman–Crippen LogP) is 2.18. The smallest absolute Gasteiger partial charge is 0.260 e. The van der Waals surface area contributed by atoms with Crippen LogP contribution in [0.25, 0.3) is 0 Å². The molecule has 1 aliphatic rings. The van der Waals surface area contributed by atoms with Gasteiger partial charge in [0.25, 0.3) is 5.91 Å². The van der Waals surface area contributed by atoms with Gasteiger partial charge in [0.2, 0.25) is 0 Å². The molecule has 92 valence electrons. The Morgan fingerprint density at radius 3 is 2.82 bits per heavy atom. The number of amides is 1. The highest BCUT2D eigenvalue weighted by atomic mass is 19.1. The monoisotopic (exact) mass is 237 g/mol. The van der Waals surface area contributed by atoms with E-state index in [2.05, 4.69) is 5.32 Å². The van der Waals surface area contributed by atoms with Crippen LogP contribution in [0.3, 0.4) is 0 Å². The van der Waals surface area contributed by atoms with Gasteiger partial charge in [0.15, 0.2) is 6.10 Å². The number of aryl methyl sites for hydroxylation is 1. The van der Waals surface area contributed by atoms with Gasteiger partial charge in [0, 0.05) is 6.04 Å². The lowest BCUT2D eigenvalue weighted by atomic mass is 10.2. The second kappa shape index (κ2) is 4.73. The molecule has 1 N–H and O–H groups in total. The second-order valence-corrected chi connectivity index (χ2v) is 4.45. The Balaban J connectivity index is 1.96. The van der Waals surface area contributed by atoms with Gasteiger partial charge in [0.1, 0.15) is 11.6 Å². The number of hydrogen-bond acceptors (Lipinski definition) is 2. The minimum Gasteiger partial charge on any atom is -0.481 e. The highest BCUT2D eigenvalue weighted by molar-refractivity contribution is 5.81. The number of carbonyl (C=O) groups is 1. The predicted molar refractivity (Wildman–Crippen MR) is 62.4 cm³/mol. The molecule has 0 aromatic heterocycles. The molecular formula is C13H16FNO2. The van der Waals surface area contributed by atoms with Gasteiger partial charge in [-0.05, 0) is 50.5 Å². The Hall–Kier alpha value is -1.58. The topological polar surface area (TPSA) is 38.3 Å². The van der Waals surface area contributed by atoms with Crippen LogP contribution in [0.1, 0.15) is 25.3 Å². The molecule has 1 aliphatic carbocycles. The van der Waals surface area contributed by atoms with Crippen LogP contribution in [-0.4, -0.2) is 18.1 Å². The molecule has 1 saturated carbocycles. The molecule has 1 unspecified atom stereocenters. The molecule has 0 spiro atoms. The number of ether oxygens (including phenoxy) is 1. The third kappa shape index (κ3) is 3.19. The highest BCUT2D eigenvalue weighted by Gasteiger charge is 2.26. The van der Waals surface area contributed by atoms with Crippen molar-refractivity contribution >= 4 is 5.91 Å². The Bertz CT molecular complexity index is 429. The molecule has 1 aromatic carbocycles. The molecule has 1 amide bonds. The normalized spacial score (nSPS) is 16.4. The zero-order valence-electron chi connectivity index (χ0n) is 10.00. The fourth-order valence-corrected chi connectivity index (χ4v) is 1.54. The molecule has 0 bridgehead atoms. The molecule has 0 radical (unpaired) electrons. The first-order valence-electron chi connectivity index (χ1n) is 5.79. The van der Waals surface area contributed by atoms with Gasteiger partial charge >= 0.3 is 0 Å². The zero-order chi connectivity index (χ0) is 12.4. The van der Waals surface area contributed by atoms with E-state index in [9.17, 15) is 9.18 Å². The molecule has 17 heavy (non-hydrogen) atoms. The first kappa shape index (κ1) is 11.9. The van der Waals surface area contributed by atoms with Gasteiger partial charge in [-0.1, -0.05) is 0 Å². The van der Waals surface area contributed by atoms with E-state index in [1.54, 1.807) is 19.9 Å². The van der Waals surface area contributed by atoms with Crippen LogP contribution < -0.4 is 10.1 Å². The summed E-state index contributed by atoms with van der Waals surface area (Å²) in [6, 6.07) is 4.59. The number of benzene rings is 1. The van der Waals surface area contributed by atoms with Gasteiger partial charge in [-0.3, -0.25) is 4.79 Å². The van der Waals surface area contributed by atoms with Gasteiger partial charge in [0.05, 0.1) is 0 Å². The van der Waals surface area contributed by atoms with Crippen molar-refractivity contribution in [3.05, 3.63) is 29.6 Å². The van der Waals surface area contributed by atoms with Crippen LogP contribution >= 0.6 is 0 Å². The standard InChI is InChI=1S/C13H16FNO2/c1-8-7-10(14)3-6-12(8)17-9(2)13(16)15-11-4-5-11/h3,6-7,9,11H,4-5H2,1-2H3,(H,15,16). The largest absolute Gasteiger partial charge is 0.481 e. The van der Waals surface area contributed by atoms with Crippen molar-refractivity contribution in [3.8, 4) is 5.75 Å². The van der Waals surface area contributed by atoms with Crippen molar-refractivity contribution in [1.82, 2.24) is 5.32 Å². The van der Waals surface area contributed by atoms with E-state index in [0.29, 0.717) is 17.4 Å². The van der Waals surface area contributed by atoms with E-state index in [1.807, 2.05) is 0 Å². The lowest BCUT2D eigenvalue weighted by molar-refractivity contribution is -0.127. The number of nitrogens with one attached hydrogen (secondary N) is 1. The molecule has 0 aliphatic heterocycles. The average molecular weight is 237 g/mol. The van der Waals surface area contributed by atoms with E-state index in [0.717, 1.165) is 12.8 Å². The SMILES string of the molecule is Cc1cc(F)ccc1OC(C)C(=O)NC1CC1. The van der Waals surface area contributed by atoms with Crippen molar-refractivity contribution in [3.63, 3.8) is 0 Å². The molecule has 1 fully saturated rings. The van der Waals surface area contributed by atoms with Crippen LogP contribution in [0.15, 0.2) is 18.2 Å². The summed E-state index contributed by atoms with van der Waals surface area (Å²) in [7, 11) is 0. The maximum Gasteiger partial charge on any atom is 0.260 e. The minimum atomic E-state index is -0.556. The van der Waals surface area contributed by atoms with Gasteiger partial charge in [-0.25, -0.2) is 4.39 Å². The summed E-state index contributed by atoms with van der Waals surface area (Å²) in [5.74, 6) is 0.131. The first-order valence-corrected chi connectivity index (χ1v) is 5.79. The number of rotatable bonds is 4.